The van der Waals surface area contributed by atoms with Gasteiger partial charge >= 0.3 is 6.03 Å². The number of hydrogen-bond acceptors (Lipinski definition) is 6. The molecular formula is C24H27N3O6. The highest BCUT2D eigenvalue weighted by molar-refractivity contribution is 5.90. The van der Waals surface area contributed by atoms with Crippen molar-refractivity contribution in [2.24, 2.45) is 5.73 Å². The molecule has 3 aliphatic heterocycles. The van der Waals surface area contributed by atoms with Crippen molar-refractivity contribution in [3.05, 3.63) is 65.2 Å². The van der Waals surface area contributed by atoms with E-state index >= 15 is 0 Å². The van der Waals surface area contributed by atoms with E-state index in [1.807, 2.05) is 50.2 Å². The van der Waals surface area contributed by atoms with E-state index in [4.69, 9.17) is 24.8 Å². The molecule has 5 rings (SSSR count). The zero-order chi connectivity index (χ0) is 23.2. The molecule has 2 fully saturated rings. The number of rotatable bonds is 7. The van der Waals surface area contributed by atoms with Crippen LogP contribution in [0.2, 0.25) is 0 Å². The molecule has 0 aromatic heterocycles. The number of hydrogen-bond donors (Lipinski definition) is 1. The van der Waals surface area contributed by atoms with E-state index in [2.05, 4.69) is 0 Å². The first-order chi connectivity index (χ1) is 15.8. The van der Waals surface area contributed by atoms with Gasteiger partial charge in [0, 0.05) is 0 Å². The number of benzene rings is 2. The Labute approximate surface area is 191 Å². The lowest BCUT2D eigenvalue weighted by atomic mass is 9.90. The zero-order valence-corrected chi connectivity index (χ0v) is 18.6. The summed E-state index contributed by atoms with van der Waals surface area (Å²) in [5, 5.41) is 1.34. The lowest BCUT2D eigenvalue weighted by Gasteiger charge is -2.31. The summed E-state index contributed by atoms with van der Waals surface area (Å²) >= 11 is 0. The third-order valence-corrected chi connectivity index (χ3v) is 6.10. The standard InChI is InChI=1S/C24H27N3O6/c1-24(2)31-14-17(33-24)13-30-16-8-9-18-19(10-16)20-11-26(21(18)22(25)28)23(29)27(20)32-12-15-6-4-3-5-7-15/h3-10,17,20-21H,11-14H2,1-2H3,(H2,25,28)/t17?,20-,21+/m0/s1. The third kappa shape index (κ3) is 4.15. The van der Waals surface area contributed by atoms with E-state index in [1.165, 1.54) is 9.96 Å². The van der Waals surface area contributed by atoms with E-state index in [0.29, 0.717) is 31.1 Å². The Morgan fingerprint density at radius 2 is 1.97 bits per heavy atom. The quantitative estimate of drug-likeness (QED) is 0.691. The molecule has 33 heavy (non-hydrogen) atoms. The topological polar surface area (TPSA) is 104 Å². The highest BCUT2D eigenvalue weighted by Crippen LogP contribution is 2.45. The van der Waals surface area contributed by atoms with Gasteiger partial charge in [0.1, 0.15) is 37.2 Å². The molecule has 2 bridgehead atoms. The second-order valence-electron chi connectivity index (χ2n) is 8.89. The van der Waals surface area contributed by atoms with Gasteiger partial charge in [-0.15, -0.1) is 0 Å². The minimum Gasteiger partial charge on any atom is -0.491 e. The number of urea groups is 1. The van der Waals surface area contributed by atoms with Crippen LogP contribution >= 0.6 is 0 Å². The van der Waals surface area contributed by atoms with Crippen LogP contribution in [0.1, 0.15) is 42.6 Å². The Kier molecular flexibility index (Phi) is 5.48. The van der Waals surface area contributed by atoms with Crippen molar-refractivity contribution >= 4 is 11.9 Å². The lowest BCUT2D eigenvalue weighted by molar-refractivity contribution is -0.141. The molecule has 3 aliphatic rings. The molecule has 2 aromatic rings. The Balaban J connectivity index is 1.38. The van der Waals surface area contributed by atoms with Crippen LogP contribution in [-0.4, -0.2) is 53.6 Å². The first-order valence-electron chi connectivity index (χ1n) is 11.0. The number of ether oxygens (including phenoxy) is 3. The van der Waals surface area contributed by atoms with Gasteiger partial charge in [-0.1, -0.05) is 36.4 Å². The van der Waals surface area contributed by atoms with Crippen LogP contribution in [0.4, 0.5) is 4.79 Å². The van der Waals surface area contributed by atoms with Crippen molar-refractivity contribution in [2.75, 3.05) is 19.8 Å². The average Bonchev–Trinajstić information content (AvgIpc) is 3.28. The van der Waals surface area contributed by atoms with Crippen molar-refractivity contribution in [1.82, 2.24) is 9.96 Å². The number of nitrogens with zero attached hydrogens (tertiary/aromatic N) is 2. The number of carbonyl (C=O) groups excluding carboxylic acids is 2. The molecule has 1 unspecified atom stereocenters. The van der Waals surface area contributed by atoms with Crippen LogP contribution in [0.3, 0.4) is 0 Å². The Hall–Kier alpha value is -3.14. The van der Waals surface area contributed by atoms with Gasteiger partial charge in [0.25, 0.3) is 0 Å². The number of fused-ring (bicyclic) bond motifs is 4. The fourth-order valence-corrected chi connectivity index (χ4v) is 4.59. The molecule has 2 N–H and O–H groups in total. The molecule has 3 heterocycles. The van der Waals surface area contributed by atoms with Gasteiger partial charge in [0.2, 0.25) is 5.91 Å². The Bertz CT molecular complexity index is 1060. The summed E-state index contributed by atoms with van der Waals surface area (Å²) in [4.78, 5) is 32.8. The van der Waals surface area contributed by atoms with Crippen molar-refractivity contribution < 1.29 is 28.6 Å². The summed E-state index contributed by atoms with van der Waals surface area (Å²) in [6.45, 7) is 5.05. The average molecular weight is 453 g/mol. The minimum atomic E-state index is -0.851. The highest BCUT2D eigenvalue weighted by Gasteiger charge is 2.50. The van der Waals surface area contributed by atoms with Crippen molar-refractivity contribution in [3.63, 3.8) is 0 Å². The molecule has 174 valence electrons. The second-order valence-corrected chi connectivity index (χ2v) is 8.89. The second kappa shape index (κ2) is 8.33. The highest BCUT2D eigenvalue weighted by atomic mass is 16.7. The normalized spacial score (nSPS) is 25.3. The fraction of sp³-hybridized carbons (Fsp3) is 0.417. The number of amides is 3. The summed E-state index contributed by atoms with van der Waals surface area (Å²) in [7, 11) is 0. The molecule has 9 heteroatoms. The largest absolute Gasteiger partial charge is 0.491 e. The number of primary amides is 1. The lowest BCUT2D eigenvalue weighted by Crippen LogP contribution is -2.41. The monoisotopic (exact) mass is 453 g/mol. The summed E-state index contributed by atoms with van der Waals surface area (Å²) in [5.41, 5.74) is 8.10. The fourth-order valence-electron chi connectivity index (χ4n) is 4.59. The summed E-state index contributed by atoms with van der Waals surface area (Å²) in [5.74, 6) is -0.593. The first-order valence-corrected chi connectivity index (χ1v) is 11.0. The molecule has 0 saturated carbocycles. The predicted octanol–water partition coefficient (Wildman–Crippen LogP) is 2.67. The van der Waals surface area contributed by atoms with Crippen LogP contribution in [-0.2, 0) is 25.7 Å². The summed E-state index contributed by atoms with van der Waals surface area (Å²) in [6.07, 6.45) is -0.177. The van der Waals surface area contributed by atoms with Gasteiger partial charge in [-0.3, -0.25) is 9.63 Å². The van der Waals surface area contributed by atoms with Gasteiger partial charge in [-0.2, -0.15) is 5.06 Å². The maximum Gasteiger partial charge on any atom is 0.345 e. The SMILES string of the molecule is CC1(C)OCC(COc2ccc3c(c2)[C@@H]2CN(C(=O)N2OCc2ccccc2)[C@H]3C(N)=O)O1. The zero-order valence-electron chi connectivity index (χ0n) is 18.6. The van der Waals surface area contributed by atoms with Gasteiger partial charge in [-0.25, -0.2) is 4.79 Å². The summed E-state index contributed by atoms with van der Waals surface area (Å²) in [6, 6.07) is 13.4. The van der Waals surface area contributed by atoms with Gasteiger partial charge in [0.15, 0.2) is 5.79 Å². The number of nitrogens with two attached hydrogens (primary N) is 1. The van der Waals surface area contributed by atoms with Crippen LogP contribution in [0.15, 0.2) is 48.5 Å². The molecule has 0 radical (unpaired) electrons. The van der Waals surface area contributed by atoms with E-state index in [9.17, 15) is 9.59 Å². The molecule has 0 aliphatic carbocycles. The smallest absolute Gasteiger partial charge is 0.345 e. The van der Waals surface area contributed by atoms with Crippen molar-refractivity contribution in [2.45, 2.75) is 44.4 Å². The van der Waals surface area contributed by atoms with Crippen LogP contribution in [0, 0.1) is 0 Å². The molecular weight excluding hydrogens is 426 g/mol. The van der Waals surface area contributed by atoms with E-state index in [1.54, 1.807) is 12.1 Å². The van der Waals surface area contributed by atoms with E-state index in [-0.39, 0.29) is 24.8 Å². The molecule has 9 nitrogen and oxygen atoms in total. The summed E-state index contributed by atoms with van der Waals surface area (Å²) < 4.78 is 17.3. The van der Waals surface area contributed by atoms with Gasteiger partial charge < -0.3 is 24.8 Å². The van der Waals surface area contributed by atoms with Crippen LogP contribution in [0.5, 0.6) is 5.75 Å². The number of hydroxylamine groups is 2. The molecule has 0 spiro atoms. The van der Waals surface area contributed by atoms with E-state index in [0.717, 1.165) is 11.1 Å². The van der Waals surface area contributed by atoms with Crippen LogP contribution in [0.25, 0.3) is 0 Å². The van der Waals surface area contributed by atoms with Gasteiger partial charge in [-0.05, 0) is 42.7 Å². The Morgan fingerprint density at radius 1 is 1.18 bits per heavy atom. The van der Waals surface area contributed by atoms with E-state index < -0.39 is 17.7 Å². The predicted molar refractivity (Wildman–Crippen MR) is 117 cm³/mol. The van der Waals surface area contributed by atoms with Gasteiger partial charge in [0.05, 0.1) is 13.2 Å². The Morgan fingerprint density at radius 3 is 2.67 bits per heavy atom. The van der Waals surface area contributed by atoms with Crippen LogP contribution < -0.4 is 10.5 Å². The van der Waals surface area contributed by atoms with Crippen molar-refractivity contribution in [1.29, 1.82) is 0 Å². The molecule has 3 atom stereocenters. The maximum absolute atomic E-state index is 13.1. The molecule has 2 aromatic carbocycles. The molecule has 3 amide bonds. The first kappa shape index (κ1) is 21.7. The minimum absolute atomic E-state index is 0.177. The maximum atomic E-state index is 13.1. The third-order valence-electron chi connectivity index (χ3n) is 6.10. The van der Waals surface area contributed by atoms with Crippen molar-refractivity contribution in [3.8, 4) is 5.75 Å². The number of carbonyl (C=O) groups is 2. The molecule has 2 saturated heterocycles.